The first kappa shape index (κ1) is 15.8. The Morgan fingerprint density at radius 1 is 1.25 bits per heavy atom. The van der Waals surface area contributed by atoms with Crippen molar-refractivity contribution in [1.29, 1.82) is 0 Å². The number of piperidine rings is 1. The van der Waals surface area contributed by atoms with Gasteiger partial charge in [-0.2, -0.15) is 0 Å². The topological polar surface area (TPSA) is 66.5 Å². The van der Waals surface area contributed by atoms with Gasteiger partial charge in [0.1, 0.15) is 0 Å². The number of hydrogen-bond acceptors (Lipinski definition) is 4. The van der Waals surface area contributed by atoms with Crippen LogP contribution in [0, 0.1) is 5.41 Å². The Hall–Kier alpha value is -0.620. The highest BCUT2D eigenvalue weighted by Crippen LogP contribution is 2.37. The second kappa shape index (κ2) is 5.30. The van der Waals surface area contributed by atoms with Crippen LogP contribution in [0.3, 0.4) is 0 Å². The second-order valence-electron chi connectivity index (χ2n) is 6.66. The van der Waals surface area contributed by atoms with Crippen molar-refractivity contribution in [3.05, 3.63) is 0 Å². The molecule has 2 saturated heterocycles. The maximum atomic E-state index is 12.9. The number of hydrogen-bond donors (Lipinski definition) is 1. The SMILES string of the molecule is CCC1(C)CCN(C(=O)C2(S(C)(=O)=O)CCNCC2)C1. The predicted molar refractivity (Wildman–Crippen MR) is 79.3 cm³/mol. The molecule has 2 rings (SSSR count). The lowest BCUT2D eigenvalue weighted by Gasteiger charge is -2.37. The molecule has 2 fully saturated rings. The molecular formula is C14H26N2O3S. The molecule has 20 heavy (non-hydrogen) atoms. The summed E-state index contributed by atoms with van der Waals surface area (Å²) < 4.78 is 23.3. The highest BCUT2D eigenvalue weighted by molar-refractivity contribution is 7.92. The van der Waals surface area contributed by atoms with E-state index in [-0.39, 0.29) is 11.3 Å². The van der Waals surface area contributed by atoms with E-state index in [2.05, 4.69) is 19.2 Å². The molecule has 0 aromatic rings. The molecule has 1 unspecified atom stereocenters. The summed E-state index contributed by atoms with van der Waals surface area (Å²) in [4.78, 5) is 14.7. The molecule has 6 heteroatoms. The number of nitrogens with one attached hydrogen (secondary N) is 1. The van der Waals surface area contributed by atoms with E-state index < -0.39 is 14.6 Å². The Morgan fingerprint density at radius 2 is 1.85 bits per heavy atom. The summed E-state index contributed by atoms with van der Waals surface area (Å²) >= 11 is 0. The zero-order chi connectivity index (χ0) is 15.0. The minimum absolute atomic E-state index is 0.140. The van der Waals surface area contributed by atoms with Crippen LogP contribution in [0.1, 0.15) is 39.5 Å². The van der Waals surface area contributed by atoms with Gasteiger partial charge in [-0.15, -0.1) is 0 Å². The van der Waals surface area contributed by atoms with Gasteiger partial charge in [-0.05, 0) is 44.2 Å². The van der Waals surface area contributed by atoms with Crippen molar-refractivity contribution >= 4 is 15.7 Å². The van der Waals surface area contributed by atoms with Crippen LogP contribution in [0.5, 0.6) is 0 Å². The van der Waals surface area contributed by atoms with Gasteiger partial charge >= 0.3 is 0 Å². The molecule has 0 saturated carbocycles. The van der Waals surface area contributed by atoms with E-state index in [1.807, 2.05) is 0 Å². The molecule has 116 valence electrons. The van der Waals surface area contributed by atoms with Crippen molar-refractivity contribution in [2.45, 2.75) is 44.3 Å². The summed E-state index contributed by atoms with van der Waals surface area (Å²) in [5, 5.41) is 3.15. The number of carbonyl (C=O) groups excluding carboxylic acids is 1. The van der Waals surface area contributed by atoms with Crippen molar-refractivity contribution in [3.8, 4) is 0 Å². The number of rotatable bonds is 3. The van der Waals surface area contributed by atoms with Gasteiger partial charge in [-0.1, -0.05) is 13.8 Å². The van der Waals surface area contributed by atoms with Gasteiger partial charge in [-0.3, -0.25) is 4.79 Å². The van der Waals surface area contributed by atoms with Gasteiger partial charge in [0.15, 0.2) is 14.6 Å². The third kappa shape index (κ3) is 2.60. The molecule has 0 spiro atoms. The molecule has 0 bridgehead atoms. The smallest absolute Gasteiger partial charge is 0.244 e. The maximum absolute atomic E-state index is 12.9. The Morgan fingerprint density at radius 3 is 2.30 bits per heavy atom. The number of nitrogens with zero attached hydrogens (tertiary/aromatic N) is 1. The lowest BCUT2D eigenvalue weighted by atomic mass is 9.87. The standard InChI is InChI=1S/C14H26N2O3S/c1-4-13(2)7-10-16(11-13)12(17)14(20(3,18)19)5-8-15-9-6-14/h15H,4-11H2,1-3H3. The lowest BCUT2D eigenvalue weighted by Crippen LogP contribution is -2.58. The number of likely N-dealkylation sites (tertiary alicyclic amines) is 1. The third-order valence-corrected chi connectivity index (χ3v) is 7.21. The van der Waals surface area contributed by atoms with Gasteiger partial charge in [0.05, 0.1) is 0 Å². The number of carbonyl (C=O) groups is 1. The highest BCUT2D eigenvalue weighted by Gasteiger charge is 2.52. The van der Waals surface area contributed by atoms with Gasteiger partial charge in [0, 0.05) is 19.3 Å². The van der Waals surface area contributed by atoms with Crippen LogP contribution in [0.25, 0.3) is 0 Å². The zero-order valence-corrected chi connectivity index (χ0v) is 13.6. The Balaban J connectivity index is 2.25. The average Bonchev–Trinajstić information content (AvgIpc) is 2.81. The molecule has 0 aliphatic carbocycles. The second-order valence-corrected chi connectivity index (χ2v) is 8.98. The average molecular weight is 302 g/mol. The molecule has 0 aromatic heterocycles. The summed E-state index contributed by atoms with van der Waals surface area (Å²) in [6.45, 7) is 6.87. The summed E-state index contributed by atoms with van der Waals surface area (Å²) in [5.41, 5.74) is 0.140. The fourth-order valence-corrected chi connectivity index (χ4v) is 4.74. The van der Waals surface area contributed by atoms with Crippen LogP contribution in [-0.4, -0.2) is 56.4 Å². The van der Waals surface area contributed by atoms with Crippen LogP contribution in [-0.2, 0) is 14.6 Å². The third-order valence-electron chi connectivity index (χ3n) is 5.21. The van der Waals surface area contributed by atoms with Crippen LogP contribution < -0.4 is 5.32 Å². The minimum Gasteiger partial charge on any atom is -0.341 e. The Kier molecular flexibility index (Phi) is 4.17. The first-order chi connectivity index (χ1) is 9.24. The summed E-state index contributed by atoms with van der Waals surface area (Å²) in [6.07, 6.45) is 3.98. The largest absolute Gasteiger partial charge is 0.341 e. The molecule has 1 atom stereocenters. The maximum Gasteiger partial charge on any atom is 0.244 e. The molecule has 1 amide bonds. The summed E-state index contributed by atoms with van der Waals surface area (Å²) in [6, 6.07) is 0. The van der Waals surface area contributed by atoms with Gasteiger partial charge in [0.2, 0.25) is 5.91 Å². The highest BCUT2D eigenvalue weighted by atomic mass is 32.2. The Bertz CT molecular complexity index is 483. The van der Waals surface area contributed by atoms with E-state index in [1.165, 1.54) is 6.26 Å². The molecule has 0 aromatic carbocycles. The van der Waals surface area contributed by atoms with E-state index in [9.17, 15) is 13.2 Å². The molecule has 5 nitrogen and oxygen atoms in total. The molecule has 0 radical (unpaired) electrons. The van der Waals surface area contributed by atoms with Crippen molar-refractivity contribution in [2.24, 2.45) is 5.41 Å². The van der Waals surface area contributed by atoms with Gasteiger partial charge in [-0.25, -0.2) is 8.42 Å². The lowest BCUT2D eigenvalue weighted by molar-refractivity contribution is -0.134. The van der Waals surface area contributed by atoms with Crippen LogP contribution >= 0.6 is 0 Å². The van der Waals surface area contributed by atoms with Crippen LogP contribution in [0.15, 0.2) is 0 Å². The molecular weight excluding hydrogens is 276 g/mol. The van der Waals surface area contributed by atoms with E-state index in [0.29, 0.717) is 39.0 Å². The fraction of sp³-hybridized carbons (Fsp3) is 0.929. The first-order valence-corrected chi connectivity index (χ1v) is 9.33. The predicted octanol–water partition coefficient (Wildman–Crippen LogP) is 0.802. The van der Waals surface area contributed by atoms with Crippen molar-refractivity contribution in [3.63, 3.8) is 0 Å². The fourth-order valence-electron chi connectivity index (χ4n) is 3.35. The molecule has 1 N–H and O–H groups in total. The zero-order valence-electron chi connectivity index (χ0n) is 12.7. The molecule has 2 aliphatic rings. The summed E-state index contributed by atoms with van der Waals surface area (Å²) in [7, 11) is -3.40. The summed E-state index contributed by atoms with van der Waals surface area (Å²) in [5.74, 6) is -0.168. The number of sulfone groups is 1. The van der Waals surface area contributed by atoms with Gasteiger partial charge < -0.3 is 10.2 Å². The molecule has 2 heterocycles. The van der Waals surface area contributed by atoms with Crippen molar-refractivity contribution < 1.29 is 13.2 Å². The van der Waals surface area contributed by atoms with E-state index in [0.717, 1.165) is 12.8 Å². The normalized spacial score (nSPS) is 30.4. The number of amides is 1. The van der Waals surface area contributed by atoms with Crippen LogP contribution in [0.4, 0.5) is 0 Å². The first-order valence-electron chi connectivity index (χ1n) is 7.44. The van der Waals surface area contributed by atoms with E-state index in [1.54, 1.807) is 4.90 Å². The Labute approximate surface area is 122 Å². The molecule has 2 aliphatic heterocycles. The van der Waals surface area contributed by atoms with E-state index >= 15 is 0 Å². The van der Waals surface area contributed by atoms with Gasteiger partial charge in [0.25, 0.3) is 0 Å². The van der Waals surface area contributed by atoms with Crippen LogP contribution in [0.2, 0.25) is 0 Å². The van der Waals surface area contributed by atoms with E-state index in [4.69, 9.17) is 0 Å². The van der Waals surface area contributed by atoms with Crippen molar-refractivity contribution in [2.75, 3.05) is 32.4 Å². The minimum atomic E-state index is -3.40. The van der Waals surface area contributed by atoms with Crippen molar-refractivity contribution in [1.82, 2.24) is 10.2 Å². The quantitative estimate of drug-likeness (QED) is 0.837. The monoisotopic (exact) mass is 302 g/mol.